The molecule has 1 saturated heterocycles. The Hall–Kier alpha value is -2.43. The van der Waals surface area contributed by atoms with Crippen molar-refractivity contribution in [1.29, 1.82) is 0 Å². The van der Waals surface area contributed by atoms with E-state index in [1.807, 2.05) is 35.2 Å². The van der Waals surface area contributed by atoms with E-state index in [1.54, 1.807) is 12.4 Å². The Morgan fingerprint density at radius 1 is 1.20 bits per heavy atom. The second kappa shape index (κ2) is 5.28. The maximum atomic E-state index is 12.1. The Labute approximate surface area is 117 Å². The third-order valence-electron chi connectivity index (χ3n) is 3.50. The molecule has 1 aliphatic heterocycles. The van der Waals surface area contributed by atoms with Gasteiger partial charge in [-0.2, -0.15) is 0 Å². The standard InChI is InChI=1S/C15H16N4O/c16-14-9-17-12(8-18-14)6-11-7-15(20)19(10-11)13-4-2-1-3-5-13/h1-5,8-9,11H,6-7,10H2,(H2,16,18). The van der Waals surface area contributed by atoms with E-state index in [4.69, 9.17) is 5.73 Å². The number of nitrogens with two attached hydrogens (primary N) is 1. The van der Waals surface area contributed by atoms with E-state index >= 15 is 0 Å². The molecule has 102 valence electrons. The highest BCUT2D eigenvalue weighted by atomic mass is 16.2. The van der Waals surface area contributed by atoms with Gasteiger partial charge in [0.2, 0.25) is 5.91 Å². The van der Waals surface area contributed by atoms with Gasteiger partial charge >= 0.3 is 0 Å². The van der Waals surface area contributed by atoms with Gasteiger partial charge in [-0.1, -0.05) is 18.2 Å². The third-order valence-corrected chi connectivity index (χ3v) is 3.50. The molecule has 20 heavy (non-hydrogen) atoms. The number of benzene rings is 1. The van der Waals surface area contributed by atoms with Crippen LogP contribution in [-0.4, -0.2) is 22.4 Å². The number of hydrogen-bond donors (Lipinski definition) is 1. The second-order valence-electron chi connectivity index (χ2n) is 5.05. The minimum absolute atomic E-state index is 0.171. The van der Waals surface area contributed by atoms with Crippen LogP contribution in [0.15, 0.2) is 42.7 Å². The molecular formula is C15H16N4O. The molecule has 5 heteroatoms. The number of aromatic nitrogens is 2. The van der Waals surface area contributed by atoms with Crippen LogP contribution in [0.4, 0.5) is 11.5 Å². The zero-order chi connectivity index (χ0) is 13.9. The van der Waals surface area contributed by atoms with Crippen molar-refractivity contribution < 1.29 is 4.79 Å². The first-order valence-electron chi connectivity index (χ1n) is 6.64. The van der Waals surface area contributed by atoms with E-state index in [-0.39, 0.29) is 11.8 Å². The molecule has 5 nitrogen and oxygen atoms in total. The molecule has 0 saturated carbocycles. The first-order valence-corrected chi connectivity index (χ1v) is 6.64. The van der Waals surface area contributed by atoms with Crippen LogP contribution in [0.2, 0.25) is 0 Å². The number of carbonyl (C=O) groups is 1. The highest BCUT2D eigenvalue weighted by Gasteiger charge is 2.30. The highest BCUT2D eigenvalue weighted by Crippen LogP contribution is 2.26. The van der Waals surface area contributed by atoms with E-state index < -0.39 is 0 Å². The molecule has 1 fully saturated rings. The summed E-state index contributed by atoms with van der Waals surface area (Å²) >= 11 is 0. The molecule has 2 heterocycles. The van der Waals surface area contributed by atoms with Crippen LogP contribution in [0.5, 0.6) is 0 Å². The van der Waals surface area contributed by atoms with Crippen LogP contribution in [0, 0.1) is 5.92 Å². The second-order valence-corrected chi connectivity index (χ2v) is 5.05. The van der Waals surface area contributed by atoms with E-state index in [0.29, 0.717) is 12.2 Å². The predicted octanol–water partition coefficient (Wildman–Crippen LogP) is 1.65. The first-order chi connectivity index (χ1) is 9.72. The summed E-state index contributed by atoms with van der Waals surface area (Å²) in [7, 11) is 0. The van der Waals surface area contributed by atoms with Crippen molar-refractivity contribution in [3.8, 4) is 0 Å². The molecule has 1 unspecified atom stereocenters. The van der Waals surface area contributed by atoms with Crippen LogP contribution in [0.25, 0.3) is 0 Å². The third kappa shape index (κ3) is 2.61. The quantitative estimate of drug-likeness (QED) is 0.918. The molecule has 1 aromatic heterocycles. The molecule has 2 N–H and O–H groups in total. The summed E-state index contributed by atoms with van der Waals surface area (Å²) in [6.45, 7) is 0.731. The normalized spacial score (nSPS) is 18.5. The number of anilines is 2. The fourth-order valence-electron chi connectivity index (χ4n) is 2.54. The van der Waals surface area contributed by atoms with Crippen molar-refractivity contribution in [3.05, 3.63) is 48.4 Å². The number of carbonyl (C=O) groups excluding carboxylic acids is 1. The molecule has 2 aromatic rings. The van der Waals surface area contributed by atoms with Gasteiger partial charge in [0.1, 0.15) is 5.82 Å². The van der Waals surface area contributed by atoms with E-state index in [9.17, 15) is 4.79 Å². The summed E-state index contributed by atoms with van der Waals surface area (Å²) in [6.07, 6.45) is 4.55. The lowest BCUT2D eigenvalue weighted by Gasteiger charge is -2.16. The minimum atomic E-state index is 0.171. The average Bonchev–Trinajstić information content (AvgIpc) is 2.83. The Morgan fingerprint density at radius 2 is 2.00 bits per heavy atom. The summed E-state index contributed by atoms with van der Waals surface area (Å²) in [4.78, 5) is 22.2. The fourth-order valence-corrected chi connectivity index (χ4v) is 2.54. The fraction of sp³-hybridized carbons (Fsp3) is 0.267. The lowest BCUT2D eigenvalue weighted by molar-refractivity contribution is -0.117. The average molecular weight is 268 g/mol. The van der Waals surface area contributed by atoms with Crippen molar-refractivity contribution in [2.24, 2.45) is 5.92 Å². The van der Waals surface area contributed by atoms with Gasteiger partial charge in [0.05, 0.1) is 18.1 Å². The van der Waals surface area contributed by atoms with Crippen molar-refractivity contribution in [2.45, 2.75) is 12.8 Å². The molecular weight excluding hydrogens is 252 g/mol. The number of nitrogens with zero attached hydrogens (tertiary/aromatic N) is 3. The number of nitrogen functional groups attached to an aromatic ring is 1. The maximum Gasteiger partial charge on any atom is 0.227 e. The Balaban J connectivity index is 1.69. The Morgan fingerprint density at radius 3 is 2.70 bits per heavy atom. The smallest absolute Gasteiger partial charge is 0.227 e. The van der Waals surface area contributed by atoms with Gasteiger partial charge in [0.25, 0.3) is 0 Å². The molecule has 1 amide bonds. The van der Waals surface area contributed by atoms with E-state index in [1.165, 1.54) is 0 Å². The largest absolute Gasteiger partial charge is 0.382 e. The lowest BCUT2D eigenvalue weighted by atomic mass is 10.0. The van der Waals surface area contributed by atoms with Crippen molar-refractivity contribution in [1.82, 2.24) is 9.97 Å². The van der Waals surface area contributed by atoms with Crippen molar-refractivity contribution in [3.63, 3.8) is 0 Å². The first kappa shape index (κ1) is 12.6. The van der Waals surface area contributed by atoms with Crippen LogP contribution in [0.1, 0.15) is 12.1 Å². The highest BCUT2D eigenvalue weighted by molar-refractivity contribution is 5.95. The van der Waals surface area contributed by atoms with Gasteiger partial charge in [0.15, 0.2) is 0 Å². The zero-order valence-corrected chi connectivity index (χ0v) is 11.1. The molecule has 1 atom stereocenters. The molecule has 1 aromatic carbocycles. The van der Waals surface area contributed by atoms with Gasteiger partial charge in [-0.05, 0) is 24.5 Å². The zero-order valence-electron chi connectivity index (χ0n) is 11.1. The van der Waals surface area contributed by atoms with Gasteiger partial charge < -0.3 is 10.6 Å². The molecule has 0 aliphatic carbocycles. The molecule has 0 radical (unpaired) electrons. The van der Waals surface area contributed by atoms with E-state index in [0.717, 1.165) is 24.3 Å². The maximum absolute atomic E-state index is 12.1. The monoisotopic (exact) mass is 268 g/mol. The summed E-state index contributed by atoms with van der Waals surface area (Å²) in [6, 6.07) is 9.76. The number of hydrogen-bond acceptors (Lipinski definition) is 4. The van der Waals surface area contributed by atoms with Gasteiger partial charge in [0, 0.05) is 18.7 Å². The molecule has 1 aliphatic rings. The van der Waals surface area contributed by atoms with Gasteiger partial charge in [-0.15, -0.1) is 0 Å². The predicted molar refractivity (Wildman–Crippen MR) is 77.1 cm³/mol. The number of rotatable bonds is 3. The number of amides is 1. The van der Waals surface area contributed by atoms with Gasteiger partial charge in [-0.3, -0.25) is 9.78 Å². The topological polar surface area (TPSA) is 72.1 Å². The number of para-hydroxylation sites is 1. The van der Waals surface area contributed by atoms with Crippen LogP contribution >= 0.6 is 0 Å². The summed E-state index contributed by atoms with van der Waals surface area (Å²) < 4.78 is 0. The molecule has 0 bridgehead atoms. The minimum Gasteiger partial charge on any atom is -0.382 e. The Bertz CT molecular complexity index is 597. The van der Waals surface area contributed by atoms with Gasteiger partial charge in [-0.25, -0.2) is 4.98 Å². The molecule has 0 spiro atoms. The lowest BCUT2D eigenvalue weighted by Crippen LogP contribution is -2.24. The van der Waals surface area contributed by atoms with Crippen LogP contribution in [-0.2, 0) is 11.2 Å². The molecule has 3 rings (SSSR count). The van der Waals surface area contributed by atoms with E-state index in [2.05, 4.69) is 9.97 Å². The Kier molecular flexibility index (Phi) is 3.33. The van der Waals surface area contributed by atoms with Crippen LogP contribution < -0.4 is 10.6 Å². The van der Waals surface area contributed by atoms with Crippen LogP contribution in [0.3, 0.4) is 0 Å². The summed E-state index contributed by atoms with van der Waals surface area (Å²) in [5, 5.41) is 0. The van der Waals surface area contributed by atoms with Crippen molar-refractivity contribution >= 4 is 17.4 Å². The summed E-state index contributed by atoms with van der Waals surface area (Å²) in [5.74, 6) is 0.868. The summed E-state index contributed by atoms with van der Waals surface area (Å²) in [5.41, 5.74) is 7.36. The van der Waals surface area contributed by atoms with Crippen molar-refractivity contribution in [2.75, 3.05) is 17.2 Å². The SMILES string of the molecule is Nc1cnc(CC2CC(=O)N(c3ccccc3)C2)cn1.